The number of alkyl halides is 3. The summed E-state index contributed by atoms with van der Waals surface area (Å²) < 4.78 is 42.2. The van der Waals surface area contributed by atoms with Crippen LogP contribution in [0.15, 0.2) is 0 Å². The van der Waals surface area contributed by atoms with Gasteiger partial charge in [0.2, 0.25) is 0 Å². The number of nitriles is 1. The summed E-state index contributed by atoms with van der Waals surface area (Å²) in [5.74, 6) is -1.94. The SMILES string of the molecule is CC(CN1CCOCC1)NCC(C#N)C(F)(F)F. The van der Waals surface area contributed by atoms with Crippen LogP contribution in [0.5, 0.6) is 0 Å². The van der Waals surface area contributed by atoms with E-state index in [1.54, 1.807) is 0 Å². The molecule has 1 N–H and O–H groups in total. The summed E-state index contributed by atoms with van der Waals surface area (Å²) in [5.41, 5.74) is 0. The highest BCUT2D eigenvalue weighted by atomic mass is 19.4. The Labute approximate surface area is 105 Å². The summed E-state index contributed by atoms with van der Waals surface area (Å²) in [7, 11) is 0. The third-order valence-corrected chi connectivity index (χ3v) is 2.86. The smallest absolute Gasteiger partial charge is 0.379 e. The van der Waals surface area contributed by atoms with Crippen LogP contribution in [-0.4, -0.2) is 56.5 Å². The molecular weight excluding hydrogens is 247 g/mol. The highest BCUT2D eigenvalue weighted by molar-refractivity contribution is 4.90. The molecule has 0 radical (unpaired) electrons. The second-order valence-corrected chi connectivity index (χ2v) is 4.45. The molecule has 7 heteroatoms. The Balaban J connectivity index is 2.27. The lowest BCUT2D eigenvalue weighted by atomic mass is 10.1. The van der Waals surface area contributed by atoms with Crippen LogP contribution in [0.1, 0.15) is 6.92 Å². The van der Waals surface area contributed by atoms with Crippen molar-refractivity contribution in [2.45, 2.75) is 19.1 Å². The second-order valence-electron chi connectivity index (χ2n) is 4.45. The topological polar surface area (TPSA) is 48.3 Å². The van der Waals surface area contributed by atoms with Gasteiger partial charge in [0.15, 0.2) is 5.92 Å². The van der Waals surface area contributed by atoms with E-state index >= 15 is 0 Å². The number of hydrogen-bond donors (Lipinski definition) is 1. The largest absolute Gasteiger partial charge is 0.405 e. The predicted molar refractivity (Wildman–Crippen MR) is 59.9 cm³/mol. The summed E-state index contributed by atoms with van der Waals surface area (Å²) >= 11 is 0. The molecule has 0 spiro atoms. The minimum Gasteiger partial charge on any atom is -0.379 e. The number of ether oxygens (including phenoxy) is 1. The molecule has 2 atom stereocenters. The fourth-order valence-electron chi connectivity index (χ4n) is 1.79. The maximum atomic E-state index is 12.3. The van der Waals surface area contributed by atoms with Crippen molar-refractivity contribution in [3.63, 3.8) is 0 Å². The first-order chi connectivity index (χ1) is 8.43. The van der Waals surface area contributed by atoms with E-state index in [4.69, 9.17) is 10.00 Å². The molecule has 0 aromatic rings. The van der Waals surface area contributed by atoms with Gasteiger partial charge >= 0.3 is 6.18 Å². The molecule has 0 bridgehead atoms. The monoisotopic (exact) mass is 265 g/mol. The lowest BCUT2D eigenvalue weighted by Gasteiger charge is -2.29. The third kappa shape index (κ3) is 5.21. The van der Waals surface area contributed by atoms with Crippen molar-refractivity contribution in [2.24, 2.45) is 5.92 Å². The van der Waals surface area contributed by atoms with Crippen molar-refractivity contribution in [1.82, 2.24) is 10.2 Å². The summed E-state index contributed by atoms with van der Waals surface area (Å²) in [6.45, 7) is 5.05. The van der Waals surface area contributed by atoms with E-state index in [9.17, 15) is 13.2 Å². The van der Waals surface area contributed by atoms with Crippen LogP contribution in [0.4, 0.5) is 13.2 Å². The molecule has 0 aromatic carbocycles. The normalized spacial score (nSPS) is 21.3. The number of nitrogens with zero attached hydrogens (tertiary/aromatic N) is 2. The first kappa shape index (κ1) is 15.2. The summed E-state index contributed by atoms with van der Waals surface area (Å²) in [4.78, 5) is 2.14. The Kier molecular flexibility index (Phi) is 5.85. The zero-order valence-electron chi connectivity index (χ0n) is 10.3. The van der Waals surface area contributed by atoms with Gasteiger partial charge in [0.25, 0.3) is 0 Å². The van der Waals surface area contributed by atoms with Crippen LogP contribution in [0, 0.1) is 17.2 Å². The molecule has 104 valence electrons. The van der Waals surface area contributed by atoms with Gasteiger partial charge in [0.1, 0.15) is 0 Å². The molecule has 2 unspecified atom stereocenters. The van der Waals surface area contributed by atoms with E-state index < -0.39 is 12.1 Å². The second kappa shape index (κ2) is 6.92. The molecule has 1 rings (SSSR count). The molecule has 4 nitrogen and oxygen atoms in total. The van der Waals surface area contributed by atoms with Crippen LogP contribution in [0.25, 0.3) is 0 Å². The average molecular weight is 265 g/mol. The Morgan fingerprint density at radius 1 is 1.39 bits per heavy atom. The van der Waals surface area contributed by atoms with Crippen molar-refractivity contribution < 1.29 is 17.9 Å². The number of nitrogens with one attached hydrogen (secondary N) is 1. The Morgan fingerprint density at radius 2 is 2.00 bits per heavy atom. The number of rotatable bonds is 5. The van der Waals surface area contributed by atoms with Crippen LogP contribution >= 0.6 is 0 Å². The maximum Gasteiger partial charge on any atom is 0.405 e. The lowest BCUT2D eigenvalue weighted by Crippen LogP contribution is -2.46. The van der Waals surface area contributed by atoms with Crippen LogP contribution in [-0.2, 0) is 4.74 Å². The minimum absolute atomic E-state index is 0.0821. The van der Waals surface area contributed by atoms with Crippen LogP contribution in [0.2, 0.25) is 0 Å². The van der Waals surface area contributed by atoms with E-state index in [-0.39, 0.29) is 12.6 Å². The molecule has 1 aliphatic heterocycles. The molecule has 1 aliphatic rings. The summed E-state index contributed by atoms with van der Waals surface area (Å²) in [6.07, 6.45) is -4.46. The van der Waals surface area contributed by atoms with Gasteiger partial charge in [-0.1, -0.05) is 0 Å². The zero-order chi connectivity index (χ0) is 13.6. The van der Waals surface area contributed by atoms with E-state index in [1.807, 2.05) is 6.92 Å². The third-order valence-electron chi connectivity index (χ3n) is 2.86. The fourth-order valence-corrected chi connectivity index (χ4v) is 1.79. The highest BCUT2D eigenvalue weighted by Crippen LogP contribution is 2.24. The van der Waals surface area contributed by atoms with Crippen LogP contribution in [0.3, 0.4) is 0 Å². The van der Waals surface area contributed by atoms with Crippen molar-refractivity contribution in [1.29, 1.82) is 5.26 Å². The molecule has 0 aromatic heterocycles. The molecule has 0 aliphatic carbocycles. The number of morpholine rings is 1. The van der Waals surface area contributed by atoms with Crippen molar-refractivity contribution in [2.75, 3.05) is 39.4 Å². The van der Waals surface area contributed by atoms with Gasteiger partial charge in [-0.05, 0) is 6.92 Å². The summed E-state index contributed by atoms with van der Waals surface area (Å²) in [6, 6.07) is 1.20. The standard InChI is InChI=1S/C11H18F3N3O/c1-9(8-17-2-4-18-5-3-17)16-7-10(6-15)11(12,13)14/h9-10,16H,2-5,7-8H2,1H3. The Hall–Kier alpha value is -0.840. The minimum atomic E-state index is -4.46. The molecule has 1 heterocycles. The average Bonchev–Trinajstić information content (AvgIpc) is 2.29. The molecule has 1 saturated heterocycles. The maximum absolute atomic E-state index is 12.3. The fraction of sp³-hybridized carbons (Fsp3) is 0.909. The van der Waals surface area contributed by atoms with Crippen LogP contribution < -0.4 is 5.32 Å². The zero-order valence-corrected chi connectivity index (χ0v) is 10.3. The van der Waals surface area contributed by atoms with E-state index in [1.165, 1.54) is 6.07 Å². The molecule has 0 amide bonds. The predicted octanol–water partition coefficient (Wildman–Crippen LogP) is 0.999. The molecule has 1 fully saturated rings. The van der Waals surface area contributed by atoms with Gasteiger partial charge in [-0.25, -0.2) is 0 Å². The van der Waals surface area contributed by atoms with Gasteiger partial charge in [-0.3, -0.25) is 4.90 Å². The van der Waals surface area contributed by atoms with Crippen molar-refractivity contribution >= 4 is 0 Å². The first-order valence-corrected chi connectivity index (χ1v) is 5.93. The van der Waals surface area contributed by atoms with Gasteiger partial charge in [0.05, 0.1) is 19.3 Å². The molecule has 0 saturated carbocycles. The van der Waals surface area contributed by atoms with Gasteiger partial charge in [0, 0.05) is 32.2 Å². The van der Waals surface area contributed by atoms with E-state index in [0.717, 1.165) is 13.1 Å². The van der Waals surface area contributed by atoms with Crippen molar-refractivity contribution in [3.05, 3.63) is 0 Å². The molecule has 18 heavy (non-hydrogen) atoms. The van der Waals surface area contributed by atoms with Crippen molar-refractivity contribution in [3.8, 4) is 6.07 Å². The summed E-state index contributed by atoms with van der Waals surface area (Å²) in [5, 5.41) is 11.2. The van der Waals surface area contributed by atoms with Gasteiger partial charge < -0.3 is 10.1 Å². The van der Waals surface area contributed by atoms with Gasteiger partial charge in [-0.2, -0.15) is 18.4 Å². The van der Waals surface area contributed by atoms with E-state index in [0.29, 0.717) is 19.8 Å². The quantitative estimate of drug-likeness (QED) is 0.805. The lowest BCUT2D eigenvalue weighted by molar-refractivity contribution is -0.158. The van der Waals surface area contributed by atoms with E-state index in [2.05, 4.69) is 10.2 Å². The highest BCUT2D eigenvalue weighted by Gasteiger charge is 2.39. The Bertz CT molecular complexity index is 284. The first-order valence-electron chi connectivity index (χ1n) is 5.93. The molecular formula is C11H18F3N3O. The van der Waals surface area contributed by atoms with Gasteiger partial charge in [-0.15, -0.1) is 0 Å². The number of halogens is 3. The number of hydrogen-bond acceptors (Lipinski definition) is 4. The Morgan fingerprint density at radius 3 is 2.50 bits per heavy atom.